The molecule has 2 unspecified atom stereocenters. The summed E-state index contributed by atoms with van der Waals surface area (Å²) in [6, 6.07) is 0. The van der Waals surface area contributed by atoms with Crippen LogP contribution in [-0.2, 0) is 9.53 Å². The lowest BCUT2D eigenvalue weighted by Crippen LogP contribution is -2.21. The van der Waals surface area contributed by atoms with Crippen LogP contribution in [0.25, 0.3) is 0 Å². The molecule has 0 N–H and O–H groups in total. The van der Waals surface area contributed by atoms with Crippen LogP contribution in [0.1, 0.15) is 45.4 Å². The fraction of sp³-hybridized carbons (Fsp3) is 0.750. The molecule has 0 heterocycles. The number of fused-ring (bicyclic) bond motifs is 1. The third kappa shape index (κ3) is 1.99. The van der Waals surface area contributed by atoms with E-state index in [1.165, 1.54) is 25.7 Å². The molecule has 0 aromatic carbocycles. The fourth-order valence-electron chi connectivity index (χ4n) is 2.52. The van der Waals surface area contributed by atoms with Gasteiger partial charge in [0.05, 0.1) is 0 Å². The van der Waals surface area contributed by atoms with Crippen molar-refractivity contribution in [2.75, 3.05) is 0 Å². The number of carbonyl (C=O) groups is 1. The molecule has 2 nitrogen and oxygen atoms in total. The minimum absolute atomic E-state index is 0.0664. The van der Waals surface area contributed by atoms with Gasteiger partial charge in [-0.3, -0.25) is 4.79 Å². The highest BCUT2D eigenvalue weighted by molar-refractivity contribution is 5.69. The Morgan fingerprint density at radius 2 is 2.36 bits per heavy atom. The second-order valence-electron chi connectivity index (χ2n) is 4.29. The van der Waals surface area contributed by atoms with Gasteiger partial charge >= 0.3 is 5.97 Å². The van der Waals surface area contributed by atoms with Crippen LogP contribution in [0.5, 0.6) is 0 Å². The van der Waals surface area contributed by atoms with Crippen molar-refractivity contribution in [2.45, 2.75) is 51.6 Å². The number of carbonyl (C=O) groups excluding carboxylic acids is 1. The Labute approximate surface area is 85.3 Å². The molecule has 0 bridgehead atoms. The maximum atomic E-state index is 11.1. The van der Waals surface area contributed by atoms with E-state index in [4.69, 9.17) is 4.74 Å². The van der Waals surface area contributed by atoms with Crippen LogP contribution in [-0.4, -0.2) is 12.1 Å². The molecule has 0 aromatic rings. The number of esters is 1. The van der Waals surface area contributed by atoms with Gasteiger partial charge < -0.3 is 4.74 Å². The Bertz CT molecular complexity index is 255. The molecule has 2 rings (SSSR count). The summed E-state index contributed by atoms with van der Waals surface area (Å²) in [6.45, 7) is 1.84. The standard InChI is InChI=1S/C12H18O2/c1-2-12(13)14-11-7-6-9-4-3-5-10(9)8-11/h8-9,11H,2-7H2,1H3. The van der Waals surface area contributed by atoms with E-state index in [0.29, 0.717) is 6.42 Å². The molecule has 1 fully saturated rings. The number of hydrogen-bond acceptors (Lipinski definition) is 2. The number of rotatable bonds is 2. The number of ether oxygens (including phenoxy) is 1. The summed E-state index contributed by atoms with van der Waals surface area (Å²) >= 11 is 0. The van der Waals surface area contributed by atoms with Crippen LogP contribution >= 0.6 is 0 Å². The molecule has 2 atom stereocenters. The van der Waals surface area contributed by atoms with Crippen LogP contribution < -0.4 is 0 Å². The highest BCUT2D eigenvalue weighted by Gasteiger charge is 2.27. The summed E-state index contributed by atoms with van der Waals surface area (Å²) in [5.41, 5.74) is 1.55. The quantitative estimate of drug-likeness (QED) is 0.499. The van der Waals surface area contributed by atoms with Crippen molar-refractivity contribution < 1.29 is 9.53 Å². The van der Waals surface area contributed by atoms with Crippen molar-refractivity contribution in [2.24, 2.45) is 5.92 Å². The number of hydrogen-bond donors (Lipinski definition) is 0. The summed E-state index contributed by atoms with van der Waals surface area (Å²) in [4.78, 5) is 11.1. The molecule has 2 aliphatic rings. The molecule has 2 aliphatic carbocycles. The molecule has 14 heavy (non-hydrogen) atoms. The minimum Gasteiger partial charge on any atom is -0.458 e. The van der Waals surface area contributed by atoms with E-state index in [0.717, 1.165) is 12.3 Å². The Morgan fingerprint density at radius 3 is 3.14 bits per heavy atom. The van der Waals surface area contributed by atoms with Gasteiger partial charge in [0.2, 0.25) is 0 Å². The van der Waals surface area contributed by atoms with Gasteiger partial charge in [-0.1, -0.05) is 12.5 Å². The SMILES string of the molecule is CCC(=O)OC1C=C2CCCC2CC1. The van der Waals surface area contributed by atoms with Crippen molar-refractivity contribution in [3.8, 4) is 0 Å². The summed E-state index contributed by atoms with van der Waals surface area (Å²) in [6.07, 6.45) is 8.91. The van der Waals surface area contributed by atoms with Crippen LogP contribution in [0.3, 0.4) is 0 Å². The molecule has 0 spiro atoms. The topological polar surface area (TPSA) is 26.3 Å². The Kier molecular flexibility index (Phi) is 2.90. The predicted octanol–water partition coefficient (Wildman–Crippen LogP) is 2.83. The molecule has 0 saturated heterocycles. The van der Waals surface area contributed by atoms with Crippen molar-refractivity contribution >= 4 is 5.97 Å². The maximum absolute atomic E-state index is 11.1. The molecule has 0 aromatic heterocycles. The monoisotopic (exact) mass is 194 g/mol. The smallest absolute Gasteiger partial charge is 0.306 e. The average Bonchev–Trinajstić information content (AvgIpc) is 2.64. The van der Waals surface area contributed by atoms with E-state index in [1.54, 1.807) is 5.57 Å². The van der Waals surface area contributed by atoms with E-state index in [-0.39, 0.29) is 12.1 Å². The van der Waals surface area contributed by atoms with E-state index >= 15 is 0 Å². The van der Waals surface area contributed by atoms with Crippen molar-refractivity contribution in [1.82, 2.24) is 0 Å². The van der Waals surface area contributed by atoms with Gasteiger partial charge in [0.1, 0.15) is 6.10 Å². The highest BCUT2D eigenvalue weighted by atomic mass is 16.5. The number of allylic oxidation sites excluding steroid dienone is 1. The molecular weight excluding hydrogens is 176 g/mol. The van der Waals surface area contributed by atoms with Crippen LogP contribution in [0.2, 0.25) is 0 Å². The second kappa shape index (κ2) is 4.16. The maximum Gasteiger partial charge on any atom is 0.306 e. The van der Waals surface area contributed by atoms with E-state index in [2.05, 4.69) is 6.08 Å². The zero-order valence-corrected chi connectivity index (χ0v) is 8.79. The van der Waals surface area contributed by atoms with Crippen molar-refractivity contribution in [1.29, 1.82) is 0 Å². The summed E-state index contributed by atoms with van der Waals surface area (Å²) in [5.74, 6) is 0.745. The van der Waals surface area contributed by atoms with Gasteiger partial charge in [0, 0.05) is 6.42 Å². The van der Waals surface area contributed by atoms with Gasteiger partial charge in [-0.2, -0.15) is 0 Å². The second-order valence-corrected chi connectivity index (χ2v) is 4.29. The molecule has 0 radical (unpaired) electrons. The fourth-order valence-corrected chi connectivity index (χ4v) is 2.52. The van der Waals surface area contributed by atoms with Gasteiger partial charge in [-0.15, -0.1) is 0 Å². The molecule has 2 heteroatoms. The Balaban J connectivity index is 1.95. The first-order valence-electron chi connectivity index (χ1n) is 5.69. The van der Waals surface area contributed by atoms with E-state index in [1.807, 2.05) is 6.92 Å². The van der Waals surface area contributed by atoms with E-state index < -0.39 is 0 Å². The van der Waals surface area contributed by atoms with Gasteiger partial charge in [0.15, 0.2) is 0 Å². The zero-order chi connectivity index (χ0) is 9.97. The van der Waals surface area contributed by atoms with E-state index in [9.17, 15) is 4.79 Å². The van der Waals surface area contributed by atoms with Gasteiger partial charge in [-0.25, -0.2) is 0 Å². The lowest BCUT2D eigenvalue weighted by molar-refractivity contribution is -0.147. The summed E-state index contributed by atoms with van der Waals surface area (Å²) in [7, 11) is 0. The molecule has 78 valence electrons. The van der Waals surface area contributed by atoms with Gasteiger partial charge in [-0.05, 0) is 44.1 Å². The molecule has 1 saturated carbocycles. The third-order valence-corrected chi connectivity index (χ3v) is 3.31. The normalized spacial score (nSPS) is 30.8. The van der Waals surface area contributed by atoms with Crippen LogP contribution in [0, 0.1) is 5.92 Å². The zero-order valence-electron chi connectivity index (χ0n) is 8.79. The first-order valence-corrected chi connectivity index (χ1v) is 5.69. The third-order valence-electron chi connectivity index (χ3n) is 3.31. The van der Waals surface area contributed by atoms with Gasteiger partial charge in [0.25, 0.3) is 0 Å². The minimum atomic E-state index is -0.0664. The lowest BCUT2D eigenvalue weighted by atomic mass is 9.89. The summed E-state index contributed by atoms with van der Waals surface area (Å²) in [5, 5.41) is 0. The first-order chi connectivity index (χ1) is 6.79. The first kappa shape index (κ1) is 9.75. The van der Waals surface area contributed by atoms with Crippen molar-refractivity contribution in [3.05, 3.63) is 11.6 Å². The highest BCUT2D eigenvalue weighted by Crippen LogP contribution is 2.38. The van der Waals surface area contributed by atoms with Crippen molar-refractivity contribution in [3.63, 3.8) is 0 Å². The molecule has 0 aliphatic heterocycles. The largest absolute Gasteiger partial charge is 0.458 e. The Hall–Kier alpha value is -0.790. The molecular formula is C12H18O2. The van der Waals surface area contributed by atoms with Crippen LogP contribution in [0.4, 0.5) is 0 Å². The predicted molar refractivity (Wildman–Crippen MR) is 54.8 cm³/mol. The lowest BCUT2D eigenvalue weighted by Gasteiger charge is -2.24. The summed E-state index contributed by atoms with van der Waals surface area (Å²) < 4.78 is 5.33. The Morgan fingerprint density at radius 1 is 1.50 bits per heavy atom. The van der Waals surface area contributed by atoms with Crippen LogP contribution in [0.15, 0.2) is 11.6 Å². The average molecular weight is 194 g/mol. The molecule has 0 amide bonds.